The Morgan fingerprint density at radius 2 is 1.89 bits per heavy atom. The lowest BCUT2D eigenvalue weighted by Crippen LogP contribution is -2.10. The predicted molar refractivity (Wildman–Crippen MR) is 165 cm³/mol. The first-order valence-electron chi connectivity index (χ1n) is 14.1. The molecule has 226 valence electrons. The lowest BCUT2D eigenvalue weighted by Gasteiger charge is -2.12. The molecule has 0 saturated heterocycles. The fourth-order valence-corrected chi connectivity index (χ4v) is 4.77. The number of carbonyl (C=O) groups is 1. The van der Waals surface area contributed by atoms with Gasteiger partial charge in [0.2, 0.25) is 5.88 Å². The summed E-state index contributed by atoms with van der Waals surface area (Å²) in [5.74, 6) is 5.35. The molecule has 0 saturated carbocycles. The Kier molecular flexibility index (Phi) is 9.49. The van der Waals surface area contributed by atoms with E-state index in [1.165, 1.54) is 24.3 Å². The second kappa shape index (κ2) is 13.8. The van der Waals surface area contributed by atoms with Gasteiger partial charge in [0.15, 0.2) is 0 Å². The molecular weight excluding hydrogens is 575 g/mol. The van der Waals surface area contributed by atoms with E-state index in [4.69, 9.17) is 19.7 Å². The SMILES string of the molecule is COCCn1c(Cc2ccc(-c3cccc(OCc4ccc(C#N)cc4F)n3)cc2C#CC(C)O)nc2ccc(C(=O)O)cc21. The molecule has 5 aromatic rings. The largest absolute Gasteiger partial charge is 0.478 e. The highest BCUT2D eigenvalue weighted by molar-refractivity contribution is 5.92. The van der Waals surface area contributed by atoms with Crippen molar-refractivity contribution in [3.8, 4) is 35.0 Å². The molecule has 5 rings (SSSR count). The molecule has 0 fully saturated rings. The molecule has 0 aliphatic carbocycles. The van der Waals surface area contributed by atoms with Crippen LogP contribution < -0.4 is 4.74 Å². The molecule has 0 bridgehead atoms. The molecule has 0 spiro atoms. The van der Waals surface area contributed by atoms with Crippen molar-refractivity contribution in [2.75, 3.05) is 13.7 Å². The number of nitrogens with zero attached hydrogens (tertiary/aromatic N) is 4. The summed E-state index contributed by atoms with van der Waals surface area (Å²) < 4.78 is 27.3. The topological polar surface area (TPSA) is 130 Å². The number of rotatable bonds is 10. The third-order valence-electron chi connectivity index (χ3n) is 7.04. The Balaban J connectivity index is 1.46. The maximum Gasteiger partial charge on any atom is 0.335 e. The molecule has 3 aromatic carbocycles. The number of nitriles is 1. The van der Waals surface area contributed by atoms with Crippen molar-refractivity contribution in [2.24, 2.45) is 0 Å². The van der Waals surface area contributed by atoms with Gasteiger partial charge in [-0.25, -0.2) is 19.2 Å². The number of carboxylic acids is 1. The van der Waals surface area contributed by atoms with Gasteiger partial charge >= 0.3 is 5.97 Å². The van der Waals surface area contributed by atoms with Gasteiger partial charge in [-0.2, -0.15) is 5.26 Å². The van der Waals surface area contributed by atoms with Crippen molar-refractivity contribution >= 4 is 17.0 Å². The molecule has 0 aliphatic rings. The Morgan fingerprint density at radius 1 is 1.07 bits per heavy atom. The molecule has 0 amide bonds. The summed E-state index contributed by atoms with van der Waals surface area (Å²) in [6, 6.07) is 21.9. The molecule has 2 aromatic heterocycles. The molecular formula is C35H29FN4O5. The molecule has 2 N–H and O–H groups in total. The van der Waals surface area contributed by atoms with E-state index in [2.05, 4.69) is 16.8 Å². The maximum atomic E-state index is 14.3. The number of aliphatic hydroxyl groups is 1. The summed E-state index contributed by atoms with van der Waals surface area (Å²) in [6.45, 7) is 2.41. The summed E-state index contributed by atoms with van der Waals surface area (Å²) in [4.78, 5) is 21.0. The van der Waals surface area contributed by atoms with Gasteiger partial charge in [-0.15, -0.1) is 0 Å². The number of aromatic carboxylic acids is 1. The number of carboxylic acid groups (broad SMARTS) is 1. The minimum Gasteiger partial charge on any atom is -0.478 e. The second-order valence-electron chi connectivity index (χ2n) is 10.2. The van der Waals surface area contributed by atoms with Crippen molar-refractivity contribution in [2.45, 2.75) is 32.6 Å². The van der Waals surface area contributed by atoms with Gasteiger partial charge in [0.05, 0.1) is 40.5 Å². The maximum absolute atomic E-state index is 14.3. The van der Waals surface area contributed by atoms with E-state index in [9.17, 15) is 19.4 Å². The highest BCUT2D eigenvalue weighted by atomic mass is 19.1. The Labute approximate surface area is 259 Å². The van der Waals surface area contributed by atoms with E-state index >= 15 is 0 Å². The first kappa shape index (κ1) is 30.9. The van der Waals surface area contributed by atoms with Crippen LogP contribution in [0.4, 0.5) is 4.39 Å². The number of methoxy groups -OCH3 is 1. The van der Waals surface area contributed by atoms with Crippen LogP contribution in [0.5, 0.6) is 5.88 Å². The normalized spacial score (nSPS) is 11.4. The van der Waals surface area contributed by atoms with E-state index in [-0.39, 0.29) is 17.7 Å². The summed E-state index contributed by atoms with van der Waals surface area (Å²) >= 11 is 0. The van der Waals surface area contributed by atoms with Crippen molar-refractivity contribution in [3.63, 3.8) is 0 Å². The van der Waals surface area contributed by atoms with Crippen molar-refractivity contribution in [3.05, 3.63) is 112 Å². The van der Waals surface area contributed by atoms with Crippen LogP contribution in [-0.2, 0) is 24.3 Å². The van der Waals surface area contributed by atoms with Gasteiger partial charge in [-0.05, 0) is 55.0 Å². The Hall–Kier alpha value is -5.55. The van der Waals surface area contributed by atoms with Crippen LogP contribution in [0.25, 0.3) is 22.3 Å². The number of aliphatic hydroxyl groups excluding tert-OH is 1. The number of pyridine rings is 1. The predicted octanol–water partition coefficient (Wildman–Crippen LogP) is 5.36. The van der Waals surface area contributed by atoms with E-state index < -0.39 is 17.9 Å². The third-order valence-corrected chi connectivity index (χ3v) is 7.04. The van der Waals surface area contributed by atoms with E-state index in [1.54, 1.807) is 38.3 Å². The Bertz CT molecular complexity index is 1980. The van der Waals surface area contributed by atoms with E-state index in [1.807, 2.05) is 34.9 Å². The molecule has 1 unspecified atom stereocenters. The van der Waals surface area contributed by atoms with Crippen molar-refractivity contribution in [1.29, 1.82) is 5.26 Å². The van der Waals surface area contributed by atoms with Crippen LogP contribution in [0.1, 0.15) is 45.4 Å². The highest BCUT2D eigenvalue weighted by Crippen LogP contribution is 2.26. The molecule has 2 heterocycles. The number of hydrogen-bond donors (Lipinski definition) is 2. The number of fused-ring (bicyclic) bond motifs is 1. The molecule has 9 nitrogen and oxygen atoms in total. The summed E-state index contributed by atoms with van der Waals surface area (Å²) in [7, 11) is 1.60. The minimum atomic E-state index is -1.02. The Morgan fingerprint density at radius 3 is 2.62 bits per heavy atom. The summed E-state index contributed by atoms with van der Waals surface area (Å²) in [6.07, 6.45) is -0.461. The average molecular weight is 605 g/mol. The lowest BCUT2D eigenvalue weighted by molar-refractivity contribution is 0.0697. The highest BCUT2D eigenvalue weighted by Gasteiger charge is 2.16. The van der Waals surface area contributed by atoms with Gasteiger partial charge in [0.1, 0.15) is 24.4 Å². The third kappa shape index (κ3) is 7.34. The van der Waals surface area contributed by atoms with Crippen LogP contribution in [0.3, 0.4) is 0 Å². The monoisotopic (exact) mass is 604 g/mol. The van der Waals surface area contributed by atoms with Crippen LogP contribution >= 0.6 is 0 Å². The molecule has 45 heavy (non-hydrogen) atoms. The molecule has 10 heteroatoms. The van der Waals surface area contributed by atoms with Crippen LogP contribution in [-0.4, -0.2) is 50.5 Å². The van der Waals surface area contributed by atoms with Gasteiger partial charge in [-0.1, -0.05) is 36.1 Å². The van der Waals surface area contributed by atoms with E-state index in [0.717, 1.165) is 11.1 Å². The number of imidazole rings is 1. The average Bonchev–Trinajstić information content (AvgIpc) is 3.38. The zero-order valence-corrected chi connectivity index (χ0v) is 24.6. The fraction of sp³-hybridized carbons (Fsp3) is 0.200. The quantitative estimate of drug-likeness (QED) is 0.204. The lowest BCUT2D eigenvalue weighted by atomic mass is 9.99. The number of aromatic nitrogens is 3. The van der Waals surface area contributed by atoms with Gasteiger partial charge < -0.3 is 24.3 Å². The van der Waals surface area contributed by atoms with Gasteiger partial charge in [-0.3, -0.25) is 0 Å². The number of ether oxygens (including phenoxy) is 2. The zero-order valence-electron chi connectivity index (χ0n) is 24.6. The van der Waals surface area contributed by atoms with Crippen molar-refractivity contribution < 1.29 is 28.9 Å². The first-order valence-corrected chi connectivity index (χ1v) is 14.1. The smallest absolute Gasteiger partial charge is 0.335 e. The molecule has 1 atom stereocenters. The van der Waals surface area contributed by atoms with Gasteiger partial charge in [0, 0.05) is 42.8 Å². The first-order chi connectivity index (χ1) is 21.7. The van der Waals surface area contributed by atoms with E-state index in [0.29, 0.717) is 59.1 Å². The van der Waals surface area contributed by atoms with Crippen LogP contribution in [0, 0.1) is 29.0 Å². The van der Waals surface area contributed by atoms with Crippen LogP contribution in [0.15, 0.2) is 72.8 Å². The van der Waals surface area contributed by atoms with Crippen LogP contribution in [0.2, 0.25) is 0 Å². The second-order valence-corrected chi connectivity index (χ2v) is 10.2. The summed E-state index contributed by atoms with van der Waals surface area (Å²) in [5.41, 5.74) is 4.93. The number of halogens is 1. The number of benzene rings is 3. The minimum absolute atomic E-state index is 0.0594. The number of hydrogen-bond acceptors (Lipinski definition) is 7. The van der Waals surface area contributed by atoms with Gasteiger partial charge in [0.25, 0.3) is 0 Å². The molecule has 0 aliphatic heterocycles. The summed E-state index contributed by atoms with van der Waals surface area (Å²) in [5, 5.41) is 28.4. The standard InChI is InChI=1S/C35H29FN4O5/c1-22(41)6-8-24-17-26(30-4-3-5-34(39-30)45-21-28-9-7-23(20-37)16-29(28)36)11-10-25(24)19-33-38-31-13-12-27(35(42)43)18-32(31)40(33)14-15-44-2/h3-5,7,9-13,16-18,22,41H,14-15,19,21H2,1-2H3,(H,42,43). The fourth-order valence-electron chi connectivity index (χ4n) is 4.77. The van der Waals surface area contributed by atoms with Crippen molar-refractivity contribution in [1.82, 2.24) is 14.5 Å². The zero-order chi connectivity index (χ0) is 31.9. The molecule has 0 radical (unpaired) electrons.